The van der Waals surface area contributed by atoms with E-state index in [1.54, 1.807) is 18.5 Å². The van der Waals surface area contributed by atoms with E-state index >= 15 is 0 Å². The van der Waals surface area contributed by atoms with Gasteiger partial charge in [-0.25, -0.2) is 9.97 Å². The molecule has 2 aromatic rings. The average Bonchev–Trinajstić information content (AvgIpc) is 2.55. The number of aromatic amines is 1. The number of nitrogens with one attached hydrogen (secondary N) is 1. The van der Waals surface area contributed by atoms with E-state index < -0.39 is 0 Å². The highest BCUT2D eigenvalue weighted by Crippen LogP contribution is 1.66. The van der Waals surface area contributed by atoms with Crippen LogP contribution in [0.3, 0.4) is 0 Å². The molecule has 2 heterocycles. The summed E-state index contributed by atoms with van der Waals surface area (Å²) in [5, 5.41) is 5.74. The highest BCUT2D eigenvalue weighted by Gasteiger charge is 1.59. The molecule has 0 aliphatic carbocycles. The van der Waals surface area contributed by atoms with Crippen molar-refractivity contribution < 1.29 is 2.74 Å². The molecule has 0 saturated heterocycles. The molecule has 0 spiro atoms. The van der Waals surface area contributed by atoms with E-state index in [1.807, 2.05) is 0 Å². The predicted octanol–water partition coefficient (Wildman–Crippen LogP) is 0.886. The Morgan fingerprint density at radius 1 is 1.27 bits per heavy atom. The molecule has 1 N–H and O–H groups in total. The minimum absolute atomic E-state index is 0.000000000000000222. The Morgan fingerprint density at radius 3 is 2.27 bits per heavy atom. The zero-order valence-corrected chi connectivity index (χ0v) is 5.73. The van der Waals surface area contributed by atoms with Gasteiger partial charge in [0.25, 0.3) is 0 Å². The lowest BCUT2D eigenvalue weighted by molar-refractivity contribution is 1.09. The normalized spacial score (nSPS) is 10.5. The van der Waals surface area contributed by atoms with Crippen molar-refractivity contribution in [3.63, 3.8) is 0 Å². The van der Waals surface area contributed by atoms with Gasteiger partial charge in [0, 0.05) is 24.8 Å². The van der Waals surface area contributed by atoms with E-state index in [9.17, 15) is 0 Å². The average molecular weight is 150 g/mol. The quantitative estimate of drug-likeness (QED) is 0.606. The second kappa shape index (κ2) is 5.10. The van der Waals surface area contributed by atoms with E-state index in [0.29, 0.717) is 0 Å². The van der Waals surface area contributed by atoms with Gasteiger partial charge < -0.3 is 0 Å². The molecule has 4 heteroatoms. The largest absolute Gasteiger partial charge is 0.286 e. The molecule has 0 aliphatic heterocycles. The van der Waals surface area contributed by atoms with E-state index in [-0.39, 0.29) is 12.2 Å². The molecule has 4 nitrogen and oxygen atoms in total. The van der Waals surface area contributed by atoms with Crippen LogP contribution < -0.4 is 0 Å². The van der Waals surface area contributed by atoms with Crippen LogP contribution in [0.25, 0.3) is 0 Å². The van der Waals surface area contributed by atoms with E-state index in [1.165, 1.54) is 12.5 Å². The van der Waals surface area contributed by atoms with Gasteiger partial charge in [0.05, 0.1) is 2.74 Å². The zero-order chi connectivity index (χ0) is 9.52. The predicted molar refractivity (Wildman–Crippen MR) is 40.6 cm³/mol. The van der Waals surface area contributed by atoms with Gasteiger partial charge in [-0.05, 0) is 12.1 Å². The molecule has 0 aromatic carbocycles. The summed E-state index contributed by atoms with van der Waals surface area (Å²) >= 11 is 0. The smallest absolute Gasteiger partial charge is 0.115 e. The van der Waals surface area contributed by atoms with Crippen LogP contribution in [0.2, 0.25) is 0 Å². The molecule has 2 aromatic heterocycles. The highest BCUT2D eigenvalue weighted by atomic mass is 15.1. The van der Waals surface area contributed by atoms with Gasteiger partial charge in [0.15, 0.2) is 0 Å². The van der Waals surface area contributed by atoms with Crippen LogP contribution in [0.15, 0.2) is 43.2 Å². The minimum Gasteiger partial charge on any atom is -0.286 e. The van der Waals surface area contributed by atoms with Crippen LogP contribution in [0.5, 0.6) is 0 Å². The van der Waals surface area contributed by atoms with E-state index in [2.05, 4.69) is 20.2 Å². The fraction of sp³-hybridized carbons (Fsp3) is 0. The molecule has 0 amide bonds. The summed E-state index contributed by atoms with van der Waals surface area (Å²) in [5.74, 6) is 0. The van der Waals surface area contributed by atoms with Gasteiger partial charge in [-0.15, -0.1) is 0 Å². The van der Waals surface area contributed by atoms with Gasteiger partial charge in [0.1, 0.15) is 6.33 Å². The summed E-state index contributed by atoms with van der Waals surface area (Å²) in [7, 11) is 0. The lowest BCUT2D eigenvalue weighted by atomic mass is 10.7. The van der Waals surface area contributed by atoms with Crippen molar-refractivity contribution in [1.82, 2.24) is 20.2 Å². The van der Waals surface area contributed by atoms with Gasteiger partial charge in [-0.1, -0.05) is 0 Å². The summed E-state index contributed by atoms with van der Waals surface area (Å²) in [6.07, 6.45) is 6.24. The van der Waals surface area contributed by atoms with Gasteiger partial charge >= 0.3 is 0 Å². The fourth-order valence-corrected chi connectivity index (χ4v) is 0.415. The third-order valence-electron chi connectivity index (χ3n) is 0.799. The van der Waals surface area contributed by atoms with E-state index in [0.717, 1.165) is 0 Å². The maximum absolute atomic E-state index is 6.82. The number of rotatable bonds is 0. The maximum Gasteiger partial charge on any atom is 0.115 e. The van der Waals surface area contributed by atoms with Crippen LogP contribution in [0, 0.1) is 0 Å². The minimum atomic E-state index is 0.000000000000000222. The first kappa shape index (κ1) is 5.01. The molecule has 0 radical (unpaired) electrons. The molecule has 0 saturated carbocycles. The zero-order valence-electron chi connectivity index (χ0n) is 7.73. The monoisotopic (exact) mass is 150 g/mol. The molecule has 0 atom stereocenters. The Balaban J connectivity index is 0.000000132. The summed E-state index contributed by atoms with van der Waals surface area (Å²) in [6, 6.07) is 1.92. The Kier molecular flexibility index (Phi) is 2.32. The second-order valence-corrected chi connectivity index (χ2v) is 1.55. The van der Waals surface area contributed by atoms with Crippen LogP contribution in [-0.4, -0.2) is 20.2 Å². The summed E-state index contributed by atoms with van der Waals surface area (Å²) < 4.78 is 13.6. The summed E-state index contributed by atoms with van der Waals surface area (Å²) in [6.45, 7) is 0. The number of nitrogens with zero attached hydrogens (tertiary/aromatic N) is 3. The molecule has 0 bridgehead atoms. The molecule has 56 valence electrons. The van der Waals surface area contributed by atoms with Crippen molar-refractivity contribution >= 4 is 0 Å². The van der Waals surface area contributed by atoms with Crippen molar-refractivity contribution in [3.05, 3.63) is 43.2 Å². The fourth-order valence-electron chi connectivity index (χ4n) is 0.415. The maximum atomic E-state index is 6.82. The molecule has 0 aliphatic rings. The number of hydrogen-bond donors (Lipinski definition) is 1. The van der Waals surface area contributed by atoms with Gasteiger partial charge in [0.2, 0.25) is 0 Å². The Bertz CT molecular complexity index is 292. The SMILES string of the molecule is [2H]c1c[nH]nc1[2H].c1cncnc1. The molecule has 2 rings (SSSR count). The van der Waals surface area contributed by atoms with Crippen molar-refractivity contribution in [1.29, 1.82) is 0 Å². The van der Waals surface area contributed by atoms with Gasteiger partial charge in [-0.3, -0.25) is 5.10 Å². The first-order valence-electron chi connectivity index (χ1n) is 3.97. The van der Waals surface area contributed by atoms with Crippen LogP contribution in [-0.2, 0) is 0 Å². The van der Waals surface area contributed by atoms with Crippen molar-refractivity contribution in [2.75, 3.05) is 0 Å². The number of hydrogen-bond acceptors (Lipinski definition) is 3. The van der Waals surface area contributed by atoms with E-state index in [4.69, 9.17) is 2.74 Å². The first-order valence-corrected chi connectivity index (χ1v) is 2.97. The molecular weight excluding hydrogens is 140 g/mol. The number of H-pyrrole nitrogens is 1. The summed E-state index contributed by atoms with van der Waals surface area (Å²) in [4.78, 5) is 7.35. The van der Waals surface area contributed by atoms with Gasteiger partial charge in [-0.2, -0.15) is 5.10 Å². The van der Waals surface area contributed by atoms with Crippen molar-refractivity contribution in [2.45, 2.75) is 0 Å². The van der Waals surface area contributed by atoms with Crippen LogP contribution in [0.4, 0.5) is 0 Å². The second-order valence-electron chi connectivity index (χ2n) is 1.55. The Morgan fingerprint density at radius 2 is 2.09 bits per heavy atom. The first-order chi connectivity index (χ1) is 6.30. The topological polar surface area (TPSA) is 54.5 Å². The Labute approximate surface area is 67.1 Å². The Hall–Kier alpha value is -1.71. The standard InChI is InChI=1S/C4H4N2.C3H4N2/c1-2-5-4-6-3-1;1-2-4-5-3-1/h1-4H;1-3H,(H,4,5)/i;1D,2D. The van der Waals surface area contributed by atoms with Crippen LogP contribution in [0.1, 0.15) is 2.74 Å². The highest BCUT2D eigenvalue weighted by molar-refractivity contribution is 4.74. The third-order valence-corrected chi connectivity index (χ3v) is 0.799. The molecular formula is C7H8N4. The molecule has 0 unspecified atom stereocenters. The summed E-state index contributed by atoms with van der Waals surface area (Å²) in [5.41, 5.74) is 0. The van der Waals surface area contributed by atoms with Crippen LogP contribution >= 0.6 is 0 Å². The third kappa shape index (κ3) is 3.80. The lowest BCUT2D eigenvalue weighted by Gasteiger charge is -1.70. The molecule has 11 heavy (non-hydrogen) atoms. The number of aromatic nitrogens is 4. The molecule has 0 fully saturated rings. The van der Waals surface area contributed by atoms with Crippen molar-refractivity contribution in [2.24, 2.45) is 0 Å². The van der Waals surface area contributed by atoms with Crippen molar-refractivity contribution in [3.8, 4) is 0 Å². The lowest BCUT2D eigenvalue weighted by Crippen LogP contribution is -1.66.